The number of aromatic nitrogens is 1. The number of pyridine rings is 1. The molecule has 0 aromatic carbocycles. The van der Waals surface area contributed by atoms with Crippen molar-refractivity contribution in [3.05, 3.63) is 24.3 Å². The van der Waals surface area contributed by atoms with Crippen molar-refractivity contribution in [1.29, 1.82) is 0 Å². The molecular formula is C18H27FN4O2. The molecule has 7 heteroatoms. The van der Waals surface area contributed by atoms with Gasteiger partial charge in [0.2, 0.25) is 5.91 Å². The smallest absolute Gasteiger partial charge is 0.239 e. The van der Waals surface area contributed by atoms with Crippen molar-refractivity contribution >= 4 is 11.6 Å². The molecule has 0 saturated carbocycles. The van der Waals surface area contributed by atoms with Crippen LogP contribution in [0.15, 0.2) is 18.5 Å². The molecule has 1 amide bonds. The van der Waals surface area contributed by atoms with Gasteiger partial charge in [-0.25, -0.2) is 4.39 Å². The molecule has 2 fully saturated rings. The number of hydrogen-bond donors (Lipinski definition) is 0. The fraction of sp³-hybridized carbons (Fsp3) is 0.667. The van der Waals surface area contributed by atoms with Gasteiger partial charge < -0.3 is 14.5 Å². The van der Waals surface area contributed by atoms with E-state index in [0.29, 0.717) is 32.0 Å². The number of carbonyl (C=O) groups is 1. The Kier molecular flexibility index (Phi) is 6.20. The molecule has 2 aliphatic heterocycles. The van der Waals surface area contributed by atoms with Crippen molar-refractivity contribution in [1.82, 2.24) is 14.8 Å². The average molecular weight is 350 g/mol. The Hall–Kier alpha value is -1.73. The SMILES string of the molecule is CCC(C(=O)N1CCCN(c2ccncc2F)CC1)N1CCOCC1. The number of carbonyl (C=O) groups excluding carboxylic acids is 1. The van der Waals surface area contributed by atoms with E-state index in [-0.39, 0.29) is 17.8 Å². The van der Waals surface area contributed by atoms with E-state index in [2.05, 4.69) is 16.8 Å². The zero-order valence-corrected chi connectivity index (χ0v) is 14.9. The van der Waals surface area contributed by atoms with E-state index in [1.807, 2.05) is 9.80 Å². The molecule has 0 radical (unpaired) electrons. The molecular weight excluding hydrogens is 323 g/mol. The van der Waals surface area contributed by atoms with Crippen molar-refractivity contribution in [2.24, 2.45) is 0 Å². The number of anilines is 1. The molecule has 0 N–H and O–H groups in total. The van der Waals surface area contributed by atoms with Crippen LogP contribution >= 0.6 is 0 Å². The summed E-state index contributed by atoms with van der Waals surface area (Å²) in [5.41, 5.74) is 0.574. The first-order valence-electron chi connectivity index (χ1n) is 9.15. The first-order valence-corrected chi connectivity index (χ1v) is 9.15. The lowest BCUT2D eigenvalue weighted by Crippen LogP contribution is -2.52. The molecule has 3 rings (SSSR count). The van der Waals surface area contributed by atoms with Crippen molar-refractivity contribution in [3.8, 4) is 0 Å². The zero-order valence-electron chi connectivity index (χ0n) is 14.9. The standard InChI is InChI=1S/C18H27FN4O2/c1-2-16(22-10-12-25-13-11-22)18(24)23-7-3-6-21(8-9-23)17-4-5-20-14-15(17)19/h4-5,14,16H,2-3,6-13H2,1H3. The minimum absolute atomic E-state index is 0.0758. The maximum atomic E-state index is 14.0. The maximum Gasteiger partial charge on any atom is 0.239 e. The van der Waals surface area contributed by atoms with Gasteiger partial charge in [0.1, 0.15) is 0 Å². The van der Waals surface area contributed by atoms with Crippen LogP contribution in [0, 0.1) is 5.82 Å². The number of ether oxygens (including phenoxy) is 1. The zero-order chi connectivity index (χ0) is 17.6. The summed E-state index contributed by atoms with van der Waals surface area (Å²) >= 11 is 0. The molecule has 0 spiro atoms. The Labute approximate surface area is 148 Å². The number of rotatable bonds is 4. The Morgan fingerprint density at radius 2 is 2.04 bits per heavy atom. The van der Waals surface area contributed by atoms with Crippen LogP contribution in [-0.2, 0) is 9.53 Å². The number of hydrogen-bond acceptors (Lipinski definition) is 5. The van der Waals surface area contributed by atoms with Crippen LogP contribution in [0.4, 0.5) is 10.1 Å². The lowest BCUT2D eigenvalue weighted by Gasteiger charge is -2.36. The van der Waals surface area contributed by atoms with Crippen LogP contribution in [0.1, 0.15) is 19.8 Å². The molecule has 0 bridgehead atoms. The molecule has 1 unspecified atom stereocenters. The monoisotopic (exact) mass is 350 g/mol. The summed E-state index contributed by atoms with van der Waals surface area (Å²) in [7, 11) is 0. The molecule has 1 aromatic rings. The lowest BCUT2D eigenvalue weighted by atomic mass is 10.1. The quantitative estimate of drug-likeness (QED) is 0.821. The summed E-state index contributed by atoms with van der Waals surface area (Å²) in [4.78, 5) is 23.0. The predicted octanol–water partition coefficient (Wildman–Crippen LogP) is 1.37. The normalized spacial score (nSPS) is 21.0. The fourth-order valence-electron chi connectivity index (χ4n) is 3.69. The van der Waals surface area contributed by atoms with E-state index in [4.69, 9.17) is 4.74 Å². The molecule has 2 saturated heterocycles. The van der Waals surface area contributed by atoms with E-state index in [1.54, 1.807) is 12.3 Å². The van der Waals surface area contributed by atoms with E-state index >= 15 is 0 Å². The largest absolute Gasteiger partial charge is 0.379 e. The van der Waals surface area contributed by atoms with Gasteiger partial charge in [-0.05, 0) is 18.9 Å². The predicted molar refractivity (Wildman–Crippen MR) is 94.1 cm³/mol. The van der Waals surface area contributed by atoms with Gasteiger partial charge in [-0.2, -0.15) is 0 Å². The van der Waals surface area contributed by atoms with Gasteiger partial charge in [-0.3, -0.25) is 14.7 Å². The van der Waals surface area contributed by atoms with Crippen LogP contribution in [0.3, 0.4) is 0 Å². The first-order chi connectivity index (χ1) is 12.2. The summed E-state index contributed by atoms with van der Waals surface area (Å²) < 4.78 is 19.4. The minimum Gasteiger partial charge on any atom is -0.379 e. The number of halogens is 1. The fourth-order valence-corrected chi connectivity index (χ4v) is 3.69. The second-order valence-corrected chi connectivity index (χ2v) is 6.57. The van der Waals surface area contributed by atoms with Gasteiger partial charge in [0.25, 0.3) is 0 Å². The summed E-state index contributed by atoms with van der Waals surface area (Å²) in [5, 5.41) is 0. The molecule has 2 aliphatic rings. The van der Waals surface area contributed by atoms with Gasteiger partial charge in [0.05, 0.1) is 31.1 Å². The minimum atomic E-state index is -0.304. The summed E-state index contributed by atoms with van der Waals surface area (Å²) in [5.74, 6) is -0.108. The van der Waals surface area contributed by atoms with Crippen LogP contribution in [-0.4, -0.2) is 79.2 Å². The molecule has 3 heterocycles. The molecule has 25 heavy (non-hydrogen) atoms. The van der Waals surface area contributed by atoms with Crippen LogP contribution < -0.4 is 4.90 Å². The van der Waals surface area contributed by atoms with E-state index in [9.17, 15) is 9.18 Å². The van der Waals surface area contributed by atoms with E-state index in [1.165, 1.54) is 6.20 Å². The Bertz CT molecular complexity index is 580. The molecule has 1 aromatic heterocycles. The second kappa shape index (κ2) is 8.58. The van der Waals surface area contributed by atoms with Crippen LogP contribution in [0.2, 0.25) is 0 Å². The topological polar surface area (TPSA) is 48.9 Å². The van der Waals surface area contributed by atoms with E-state index in [0.717, 1.165) is 39.0 Å². The highest BCUT2D eigenvalue weighted by atomic mass is 19.1. The van der Waals surface area contributed by atoms with Gasteiger partial charge in [-0.1, -0.05) is 6.92 Å². The third kappa shape index (κ3) is 4.27. The van der Waals surface area contributed by atoms with Crippen LogP contribution in [0.5, 0.6) is 0 Å². The van der Waals surface area contributed by atoms with Crippen molar-refractivity contribution in [2.75, 3.05) is 57.4 Å². The molecule has 0 aliphatic carbocycles. The van der Waals surface area contributed by atoms with Crippen LogP contribution in [0.25, 0.3) is 0 Å². The third-order valence-electron chi connectivity index (χ3n) is 5.06. The molecule has 138 valence electrons. The number of amides is 1. The lowest BCUT2D eigenvalue weighted by molar-refractivity contribution is -0.138. The van der Waals surface area contributed by atoms with Gasteiger partial charge in [0.15, 0.2) is 5.82 Å². The second-order valence-electron chi connectivity index (χ2n) is 6.57. The highest BCUT2D eigenvalue weighted by Gasteiger charge is 2.30. The number of morpholine rings is 1. The van der Waals surface area contributed by atoms with Crippen molar-refractivity contribution in [3.63, 3.8) is 0 Å². The van der Waals surface area contributed by atoms with Gasteiger partial charge in [-0.15, -0.1) is 0 Å². The Morgan fingerprint density at radius 3 is 2.76 bits per heavy atom. The number of nitrogens with zero attached hydrogens (tertiary/aromatic N) is 4. The Morgan fingerprint density at radius 1 is 1.24 bits per heavy atom. The van der Waals surface area contributed by atoms with Crippen molar-refractivity contribution in [2.45, 2.75) is 25.8 Å². The summed E-state index contributed by atoms with van der Waals surface area (Å²) in [6, 6.07) is 1.63. The van der Waals surface area contributed by atoms with Gasteiger partial charge >= 0.3 is 0 Å². The highest BCUT2D eigenvalue weighted by molar-refractivity contribution is 5.82. The third-order valence-corrected chi connectivity index (χ3v) is 5.06. The summed E-state index contributed by atoms with van der Waals surface area (Å²) in [6.45, 7) is 7.82. The van der Waals surface area contributed by atoms with E-state index < -0.39 is 0 Å². The summed E-state index contributed by atoms with van der Waals surface area (Å²) in [6.07, 6.45) is 4.50. The maximum absolute atomic E-state index is 14.0. The molecule has 6 nitrogen and oxygen atoms in total. The first kappa shape index (κ1) is 18.1. The molecule has 1 atom stereocenters. The van der Waals surface area contributed by atoms with Gasteiger partial charge in [0, 0.05) is 45.5 Å². The highest BCUT2D eigenvalue weighted by Crippen LogP contribution is 2.20. The Balaban J connectivity index is 1.63. The average Bonchev–Trinajstić information content (AvgIpc) is 2.90. The van der Waals surface area contributed by atoms with Crippen molar-refractivity contribution < 1.29 is 13.9 Å².